The summed E-state index contributed by atoms with van der Waals surface area (Å²) < 4.78 is 18.9. The number of rotatable bonds is 3. The van der Waals surface area contributed by atoms with E-state index in [1.54, 1.807) is 13.0 Å². The Hall–Kier alpha value is -2.42. The number of carbonyl (C=O) groups excluding carboxylic acids is 2. The Bertz CT molecular complexity index is 1070. The summed E-state index contributed by atoms with van der Waals surface area (Å²) in [5, 5.41) is 24.3. The van der Waals surface area contributed by atoms with Gasteiger partial charge in [-0.05, 0) is 57.3 Å². The van der Waals surface area contributed by atoms with E-state index < -0.39 is 35.5 Å². The van der Waals surface area contributed by atoms with Gasteiger partial charge in [0.1, 0.15) is 17.1 Å². The molecule has 0 aromatic rings. The van der Waals surface area contributed by atoms with Crippen molar-refractivity contribution in [2.24, 2.45) is 11.8 Å². The van der Waals surface area contributed by atoms with Crippen LogP contribution in [0.25, 0.3) is 0 Å². The topological polar surface area (TPSA) is 114 Å². The second-order valence-corrected chi connectivity index (χ2v) is 10.3. The number of amides is 1. The second kappa shape index (κ2) is 7.80. The summed E-state index contributed by atoms with van der Waals surface area (Å²) in [5.41, 5.74) is -0.567. The van der Waals surface area contributed by atoms with Crippen molar-refractivity contribution in [3.8, 4) is 0 Å². The van der Waals surface area contributed by atoms with Gasteiger partial charge < -0.3 is 29.7 Å². The summed E-state index contributed by atoms with van der Waals surface area (Å²) in [5.74, 6) is -0.875. The minimum Gasteiger partial charge on any atom is -0.507 e. The molecule has 0 aromatic carbocycles. The number of fused-ring (bicyclic) bond motifs is 1. The molecule has 2 aliphatic carbocycles. The van der Waals surface area contributed by atoms with Gasteiger partial charge in [-0.25, -0.2) is 0 Å². The first-order valence-electron chi connectivity index (χ1n) is 12.1. The van der Waals surface area contributed by atoms with Gasteiger partial charge in [0.2, 0.25) is 0 Å². The number of ether oxygens (including phenoxy) is 3. The molecule has 8 heteroatoms. The lowest BCUT2D eigenvalue weighted by Gasteiger charge is -2.44. The zero-order valence-electron chi connectivity index (χ0n) is 20.3. The lowest BCUT2D eigenvalue weighted by Crippen LogP contribution is -2.58. The molecular weight excluding hydrogens is 438 g/mol. The van der Waals surface area contributed by atoms with Gasteiger partial charge in [-0.2, -0.15) is 0 Å². The molecule has 1 amide bonds. The van der Waals surface area contributed by atoms with Gasteiger partial charge >= 0.3 is 0 Å². The molecule has 8 nitrogen and oxygen atoms in total. The van der Waals surface area contributed by atoms with E-state index in [1.165, 1.54) is 6.08 Å². The predicted octanol–water partition coefficient (Wildman–Crippen LogP) is 2.74. The molecule has 184 valence electrons. The van der Waals surface area contributed by atoms with E-state index in [0.29, 0.717) is 30.6 Å². The molecule has 5 rings (SSSR count). The van der Waals surface area contributed by atoms with Crippen molar-refractivity contribution in [1.82, 2.24) is 5.32 Å². The third-order valence-corrected chi connectivity index (χ3v) is 8.27. The van der Waals surface area contributed by atoms with Gasteiger partial charge in [-0.15, -0.1) is 0 Å². The zero-order valence-corrected chi connectivity index (χ0v) is 20.3. The van der Waals surface area contributed by atoms with Crippen LogP contribution < -0.4 is 5.32 Å². The highest BCUT2D eigenvalue weighted by Gasteiger charge is 2.65. The van der Waals surface area contributed by atoms with Crippen molar-refractivity contribution in [3.05, 3.63) is 46.5 Å². The first-order chi connectivity index (χ1) is 16.0. The molecule has 2 unspecified atom stereocenters. The van der Waals surface area contributed by atoms with Crippen LogP contribution in [-0.2, 0) is 23.8 Å². The molecule has 34 heavy (non-hydrogen) atoms. The highest BCUT2D eigenvalue weighted by molar-refractivity contribution is 6.04. The Kier molecular flexibility index (Phi) is 5.35. The van der Waals surface area contributed by atoms with Crippen molar-refractivity contribution in [2.75, 3.05) is 0 Å². The van der Waals surface area contributed by atoms with Crippen molar-refractivity contribution < 1.29 is 34.0 Å². The van der Waals surface area contributed by atoms with E-state index in [2.05, 4.69) is 5.32 Å². The van der Waals surface area contributed by atoms with Crippen LogP contribution in [0.4, 0.5) is 0 Å². The van der Waals surface area contributed by atoms with Crippen LogP contribution in [0, 0.1) is 11.8 Å². The third-order valence-electron chi connectivity index (χ3n) is 8.27. The van der Waals surface area contributed by atoms with Gasteiger partial charge in [0.05, 0.1) is 23.9 Å². The molecule has 2 fully saturated rings. The number of allylic oxidation sites excluding steroid dienone is 2. The zero-order chi connectivity index (χ0) is 24.6. The number of carbonyl (C=O) groups is 2. The predicted molar refractivity (Wildman–Crippen MR) is 122 cm³/mol. The van der Waals surface area contributed by atoms with Crippen molar-refractivity contribution in [1.29, 1.82) is 0 Å². The number of nitrogens with one attached hydrogen (secondary N) is 1. The maximum absolute atomic E-state index is 13.4. The number of hydrogen-bond donors (Lipinski definition) is 3. The van der Waals surface area contributed by atoms with Crippen LogP contribution in [-0.4, -0.2) is 57.6 Å². The van der Waals surface area contributed by atoms with E-state index in [1.807, 2.05) is 33.8 Å². The fourth-order valence-electron chi connectivity index (χ4n) is 6.50. The summed E-state index contributed by atoms with van der Waals surface area (Å²) in [6, 6.07) is 0. The average Bonchev–Trinajstić information content (AvgIpc) is 2.95. The normalized spacial score (nSPS) is 45.8. The first kappa shape index (κ1) is 23.3. The van der Waals surface area contributed by atoms with Crippen molar-refractivity contribution >= 4 is 11.7 Å². The Morgan fingerprint density at radius 2 is 1.94 bits per heavy atom. The minimum absolute atomic E-state index is 0.139. The smallest absolute Gasteiger partial charge is 0.251 e. The van der Waals surface area contributed by atoms with E-state index in [-0.39, 0.29) is 35.1 Å². The van der Waals surface area contributed by atoms with Crippen LogP contribution >= 0.6 is 0 Å². The molecule has 1 spiro atoms. The summed E-state index contributed by atoms with van der Waals surface area (Å²) in [7, 11) is 0. The Morgan fingerprint density at radius 3 is 2.62 bits per heavy atom. The molecule has 3 heterocycles. The summed E-state index contributed by atoms with van der Waals surface area (Å²) >= 11 is 0. The first-order valence-corrected chi connectivity index (χ1v) is 12.1. The molecule has 1 saturated heterocycles. The van der Waals surface area contributed by atoms with Gasteiger partial charge in [0.15, 0.2) is 17.7 Å². The molecule has 0 radical (unpaired) electrons. The number of aliphatic hydroxyl groups excluding tert-OH is 2. The lowest BCUT2D eigenvalue weighted by molar-refractivity contribution is -0.233. The minimum atomic E-state index is -1.23. The largest absolute Gasteiger partial charge is 0.507 e. The summed E-state index contributed by atoms with van der Waals surface area (Å²) in [4.78, 5) is 26.3. The molecule has 3 N–H and O–H groups in total. The molecule has 1 saturated carbocycles. The van der Waals surface area contributed by atoms with Crippen LogP contribution in [0.3, 0.4) is 0 Å². The monoisotopic (exact) mass is 471 g/mol. The number of hydrogen-bond acceptors (Lipinski definition) is 7. The maximum Gasteiger partial charge on any atom is 0.251 e. The Balaban J connectivity index is 1.66. The van der Waals surface area contributed by atoms with Crippen molar-refractivity contribution in [2.45, 2.75) is 89.6 Å². The lowest BCUT2D eigenvalue weighted by atomic mass is 9.74. The Labute approximate surface area is 199 Å². The van der Waals surface area contributed by atoms with Gasteiger partial charge in [-0.1, -0.05) is 19.4 Å². The quantitative estimate of drug-likeness (QED) is 0.542. The molecule has 3 aliphatic heterocycles. The second-order valence-electron chi connectivity index (χ2n) is 10.3. The van der Waals surface area contributed by atoms with E-state index >= 15 is 0 Å². The SMILES string of the molecule is CCC12C=C(C)[C@@H]3[C@H](C)[C@H](O[C@H]4CC[C@@H](O)[C@@H](C)O4)C4=CC(=O)C=C(O1)C43NC(=O)/C(C)=C\2O. The van der Waals surface area contributed by atoms with E-state index in [4.69, 9.17) is 14.2 Å². The van der Waals surface area contributed by atoms with Crippen LogP contribution in [0.5, 0.6) is 0 Å². The maximum atomic E-state index is 13.4. The molecule has 2 bridgehead atoms. The van der Waals surface area contributed by atoms with E-state index in [0.717, 1.165) is 5.57 Å². The van der Waals surface area contributed by atoms with Crippen LogP contribution in [0.2, 0.25) is 0 Å². The van der Waals surface area contributed by atoms with Gasteiger partial charge in [-0.3, -0.25) is 9.59 Å². The Morgan fingerprint density at radius 1 is 1.21 bits per heavy atom. The van der Waals surface area contributed by atoms with Crippen molar-refractivity contribution in [3.63, 3.8) is 0 Å². The summed E-state index contributed by atoms with van der Waals surface area (Å²) in [6.45, 7) is 9.30. The van der Waals surface area contributed by atoms with Gasteiger partial charge in [0.25, 0.3) is 5.91 Å². The van der Waals surface area contributed by atoms with Gasteiger partial charge in [0, 0.05) is 18.4 Å². The highest BCUT2D eigenvalue weighted by Crippen LogP contribution is 2.58. The average molecular weight is 472 g/mol. The van der Waals surface area contributed by atoms with E-state index in [9.17, 15) is 19.8 Å². The van der Waals surface area contributed by atoms with Crippen LogP contribution in [0.15, 0.2) is 46.5 Å². The number of ketones is 1. The number of aliphatic hydroxyl groups is 2. The highest BCUT2D eigenvalue weighted by atomic mass is 16.7. The fourth-order valence-corrected chi connectivity index (χ4v) is 6.50. The molecule has 0 aromatic heterocycles. The third kappa shape index (κ3) is 3.08. The fraction of sp³-hybridized carbons (Fsp3) is 0.615. The molecule has 8 atom stereocenters. The molecular formula is C26H33NO7. The van der Waals surface area contributed by atoms with Crippen LogP contribution in [0.1, 0.15) is 53.9 Å². The molecule has 5 aliphatic rings. The standard InChI is InChI=1S/C26H33NO7/c1-6-25-11-12(2)21-13(3)22(33-20-8-7-18(29)15(5)32-20)17-9-16(28)10-19(34-25)26(17,21)27-24(31)14(4)23(25)30/h9-11,13,15,18,20-22,29-30H,6-8H2,1-5H3,(H,27,31)/b23-14+/t13-,15+,18+,20-,21+,22-,25?,26?/m0/s1. The summed E-state index contributed by atoms with van der Waals surface area (Å²) in [6.07, 6.45) is 4.40.